The summed E-state index contributed by atoms with van der Waals surface area (Å²) in [7, 11) is 0. The number of ether oxygens (including phenoxy) is 3. The van der Waals surface area contributed by atoms with Crippen LogP contribution < -0.4 is 0 Å². The lowest BCUT2D eigenvalue weighted by molar-refractivity contribution is -0.167. The van der Waals surface area contributed by atoms with Crippen LogP contribution in [0.1, 0.15) is 419 Å². The molecule has 6 heteroatoms. The fourth-order valence-electron chi connectivity index (χ4n) is 11.5. The van der Waals surface area contributed by atoms with Crippen LogP contribution in [0.15, 0.2) is 36.5 Å². The second-order valence-corrected chi connectivity index (χ2v) is 25.6. The van der Waals surface area contributed by atoms with Gasteiger partial charge in [0.05, 0.1) is 0 Å². The maximum absolute atomic E-state index is 13.0. The van der Waals surface area contributed by atoms with Crippen LogP contribution in [0.25, 0.3) is 0 Å². The monoisotopic (exact) mass is 1170 g/mol. The zero-order valence-electron chi connectivity index (χ0n) is 56.2. The van der Waals surface area contributed by atoms with E-state index >= 15 is 0 Å². The van der Waals surface area contributed by atoms with E-state index in [1.54, 1.807) is 0 Å². The molecule has 0 saturated carbocycles. The highest BCUT2D eigenvalue weighted by Gasteiger charge is 2.20. The largest absolute Gasteiger partial charge is 0.462 e. The third kappa shape index (κ3) is 70.3. The second-order valence-electron chi connectivity index (χ2n) is 25.6. The number of rotatable bonds is 70. The third-order valence-electron chi connectivity index (χ3n) is 17.1. The number of hydrogen-bond donors (Lipinski definition) is 0. The highest BCUT2D eigenvalue weighted by Crippen LogP contribution is 2.19. The minimum atomic E-state index is -0.774. The SMILES string of the molecule is CCCCCCC/C=C\C/C=C\C/C=C\CCCCCCCCCCC(=O)OCC(COC(=O)CCCCCCCCCCCCCCCCCCCCCC)OC(=O)CCCCCCCCCCCCCCCCCCCCCCCC. The fourth-order valence-corrected chi connectivity index (χ4v) is 11.5. The first-order valence-electron chi connectivity index (χ1n) is 37.5. The molecule has 0 spiro atoms. The number of carbonyl (C=O) groups is 3. The van der Waals surface area contributed by atoms with Crippen LogP contribution in [-0.2, 0) is 28.6 Å². The van der Waals surface area contributed by atoms with E-state index in [0.717, 1.165) is 77.0 Å². The Morgan fingerprint density at radius 3 is 0.675 bits per heavy atom. The lowest BCUT2D eigenvalue weighted by Gasteiger charge is -2.18. The number of unbranched alkanes of at least 4 members (excludes halogenated alkanes) is 53. The van der Waals surface area contributed by atoms with Crippen molar-refractivity contribution in [2.24, 2.45) is 0 Å². The molecule has 0 aromatic rings. The molecule has 6 nitrogen and oxygen atoms in total. The molecule has 0 fully saturated rings. The average molecular weight is 1170 g/mol. The van der Waals surface area contributed by atoms with Crippen molar-refractivity contribution < 1.29 is 28.6 Å². The molecule has 0 aliphatic heterocycles. The first-order valence-corrected chi connectivity index (χ1v) is 37.5. The molecule has 0 radical (unpaired) electrons. The van der Waals surface area contributed by atoms with Gasteiger partial charge in [-0.05, 0) is 57.8 Å². The number of allylic oxidation sites excluding steroid dienone is 6. The van der Waals surface area contributed by atoms with E-state index in [1.165, 1.54) is 302 Å². The van der Waals surface area contributed by atoms with Crippen molar-refractivity contribution in [3.8, 4) is 0 Å². The van der Waals surface area contributed by atoms with Crippen LogP contribution in [0, 0.1) is 0 Å². The van der Waals surface area contributed by atoms with E-state index in [2.05, 4.69) is 57.2 Å². The van der Waals surface area contributed by atoms with Crippen LogP contribution in [0.2, 0.25) is 0 Å². The van der Waals surface area contributed by atoms with Gasteiger partial charge in [0.15, 0.2) is 6.10 Å². The number of carbonyl (C=O) groups excluding carboxylic acids is 3. The molecule has 0 amide bonds. The molecular formula is C77H144O6. The summed E-state index contributed by atoms with van der Waals surface area (Å²) >= 11 is 0. The third-order valence-corrected chi connectivity index (χ3v) is 17.1. The van der Waals surface area contributed by atoms with Crippen molar-refractivity contribution in [2.75, 3.05) is 13.2 Å². The van der Waals surface area contributed by atoms with Crippen LogP contribution in [0.4, 0.5) is 0 Å². The number of esters is 3. The molecule has 488 valence electrons. The Morgan fingerprint density at radius 1 is 0.241 bits per heavy atom. The van der Waals surface area contributed by atoms with Crippen molar-refractivity contribution >= 4 is 17.9 Å². The maximum Gasteiger partial charge on any atom is 0.306 e. The lowest BCUT2D eigenvalue weighted by Crippen LogP contribution is -2.30. The summed E-state index contributed by atoms with van der Waals surface area (Å²) in [5.41, 5.74) is 0. The van der Waals surface area contributed by atoms with Crippen LogP contribution in [-0.4, -0.2) is 37.2 Å². The van der Waals surface area contributed by atoms with Crippen LogP contribution in [0.3, 0.4) is 0 Å². The molecule has 0 aliphatic rings. The first kappa shape index (κ1) is 80.6. The molecular weight excluding hydrogens is 1020 g/mol. The summed E-state index contributed by atoms with van der Waals surface area (Å²) in [6.07, 6.45) is 90.3. The van der Waals surface area contributed by atoms with Gasteiger partial charge in [-0.1, -0.05) is 378 Å². The Bertz CT molecular complexity index is 1380. The second kappa shape index (κ2) is 72.1. The Hall–Kier alpha value is -2.37. The van der Waals surface area contributed by atoms with Gasteiger partial charge in [0.25, 0.3) is 0 Å². The molecule has 0 aliphatic carbocycles. The van der Waals surface area contributed by atoms with E-state index in [4.69, 9.17) is 14.2 Å². The van der Waals surface area contributed by atoms with Crippen molar-refractivity contribution in [1.82, 2.24) is 0 Å². The van der Waals surface area contributed by atoms with Gasteiger partial charge in [0.1, 0.15) is 13.2 Å². The smallest absolute Gasteiger partial charge is 0.306 e. The van der Waals surface area contributed by atoms with Crippen molar-refractivity contribution in [2.45, 2.75) is 425 Å². The van der Waals surface area contributed by atoms with Gasteiger partial charge in [-0.25, -0.2) is 0 Å². The number of hydrogen-bond acceptors (Lipinski definition) is 6. The van der Waals surface area contributed by atoms with Crippen molar-refractivity contribution in [1.29, 1.82) is 0 Å². The van der Waals surface area contributed by atoms with Crippen molar-refractivity contribution in [3.63, 3.8) is 0 Å². The normalized spacial score (nSPS) is 12.2. The average Bonchev–Trinajstić information content (AvgIpc) is 3.49. The van der Waals surface area contributed by atoms with Gasteiger partial charge in [-0.3, -0.25) is 14.4 Å². The highest BCUT2D eigenvalue weighted by atomic mass is 16.6. The Kier molecular flexibility index (Phi) is 70.0. The molecule has 0 saturated heterocycles. The summed E-state index contributed by atoms with van der Waals surface area (Å²) in [6, 6.07) is 0. The molecule has 0 N–H and O–H groups in total. The van der Waals surface area contributed by atoms with Gasteiger partial charge in [0.2, 0.25) is 0 Å². The van der Waals surface area contributed by atoms with E-state index in [0.29, 0.717) is 19.3 Å². The van der Waals surface area contributed by atoms with Gasteiger partial charge < -0.3 is 14.2 Å². The molecule has 0 rings (SSSR count). The summed E-state index contributed by atoms with van der Waals surface area (Å²) in [4.78, 5) is 38.6. The van der Waals surface area contributed by atoms with E-state index in [9.17, 15) is 14.4 Å². The molecule has 83 heavy (non-hydrogen) atoms. The molecule has 0 aromatic carbocycles. The molecule has 0 aromatic heterocycles. The van der Waals surface area contributed by atoms with Gasteiger partial charge in [0, 0.05) is 19.3 Å². The molecule has 0 bridgehead atoms. The minimum Gasteiger partial charge on any atom is -0.462 e. The van der Waals surface area contributed by atoms with Gasteiger partial charge >= 0.3 is 17.9 Å². The fraction of sp³-hybridized carbons (Fsp3) is 0.883. The summed E-state index contributed by atoms with van der Waals surface area (Å²) in [5, 5.41) is 0. The Balaban J connectivity index is 4.32. The Morgan fingerprint density at radius 2 is 0.434 bits per heavy atom. The summed E-state index contributed by atoms with van der Waals surface area (Å²) in [6.45, 7) is 6.72. The van der Waals surface area contributed by atoms with Gasteiger partial charge in [-0.15, -0.1) is 0 Å². The zero-order chi connectivity index (χ0) is 59.9. The lowest BCUT2D eigenvalue weighted by atomic mass is 10.0. The summed E-state index contributed by atoms with van der Waals surface area (Å²) < 4.78 is 17.1. The molecule has 1 atom stereocenters. The van der Waals surface area contributed by atoms with E-state index in [-0.39, 0.29) is 31.1 Å². The zero-order valence-corrected chi connectivity index (χ0v) is 56.2. The molecule has 0 heterocycles. The van der Waals surface area contributed by atoms with E-state index in [1.807, 2.05) is 0 Å². The minimum absolute atomic E-state index is 0.0680. The van der Waals surface area contributed by atoms with Crippen molar-refractivity contribution in [3.05, 3.63) is 36.5 Å². The first-order chi connectivity index (χ1) is 41.0. The van der Waals surface area contributed by atoms with Crippen LogP contribution in [0.5, 0.6) is 0 Å². The summed E-state index contributed by atoms with van der Waals surface area (Å²) in [5.74, 6) is -0.839. The maximum atomic E-state index is 13.0. The quantitative estimate of drug-likeness (QED) is 0.0261. The highest BCUT2D eigenvalue weighted by molar-refractivity contribution is 5.71. The predicted octanol–water partition coefficient (Wildman–Crippen LogP) is 25.9. The predicted molar refractivity (Wildman–Crippen MR) is 362 cm³/mol. The molecule has 1 unspecified atom stereocenters. The standard InChI is InChI=1S/C77H144O6/c1-4-7-10-13-16-19-22-25-28-31-34-37-39-41-43-46-49-52-55-58-61-64-67-70-76(79)82-73-74(72-81-75(78)69-66-63-60-57-54-51-48-45-42-36-33-30-27-24-21-18-15-12-9-6-3)83-77(80)71-68-65-62-59-56-53-50-47-44-40-38-35-32-29-26-23-20-17-14-11-8-5-2/h22,25,31,34,39,41,74H,4-21,23-24,26-30,32-33,35-38,40,42-73H2,1-3H3/b25-22-,34-31-,41-39-. The van der Waals surface area contributed by atoms with Gasteiger partial charge in [-0.2, -0.15) is 0 Å². The topological polar surface area (TPSA) is 78.9 Å². The van der Waals surface area contributed by atoms with Crippen LogP contribution >= 0.6 is 0 Å². The Labute approximate surface area is 518 Å². The van der Waals surface area contributed by atoms with E-state index < -0.39 is 6.10 Å².